The highest BCUT2D eigenvalue weighted by Gasteiger charge is 2.37. The minimum absolute atomic E-state index is 0. The molecule has 1 N–H and O–H groups in total. The molecule has 0 aromatic heterocycles. The molecule has 1 amide bonds. The molecule has 1 aliphatic rings. The summed E-state index contributed by atoms with van der Waals surface area (Å²) in [4.78, 5) is 11.1. The van der Waals surface area contributed by atoms with Gasteiger partial charge in [0.15, 0.2) is 0 Å². The lowest BCUT2D eigenvalue weighted by Crippen LogP contribution is -2.36. The van der Waals surface area contributed by atoms with E-state index < -0.39 is 23.9 Å². The topological polar surface area (TPSA) is 38.3 Å². The molecule has 8 heteroatoms. The zero-order chi connectivity index (χ0) is 13.3. The van der Waals surface area contributed by atoms with E-state index in [0.717, 1.165) is 6.07 Å². The van der Waals surface area contributed by atoms with Crippen molar-refractivity contribution in [3.8, 4) is 0 Å². The Kier molecular flexibility index (Phi) is 4.92. The van der Waals surface area contributed by atoms with Crippen LogP contribution in [0.15, 0.2) is 18.2 Å². The molecule has 0 bridgehead atoms. The second-order valence-corrected chi connectivity index (χ2v) is 4.23. The van der Waals surface area contributed by atoms with Crippen molar-refractivity contribution in [3.05, 3.63) is 34.3 Å². The molecule has 106 valence electrons. The molecule has 1 saturated heterocycles. The Morgan fingerprint density at radius 2 is 2.05 bits per heavy atom. The number of hydrogen-bond donors (Lipinski definition) is 1. The van der Waals surface area contributed by atoms with E-state index in [1.165, 1.54) is 12.1 Å². The van der Waals surface area contributed by atoms with Crippen molar-refractivity contribution >= 4 is 30.1 Å². The molecule has 0 spiro atoms. The van der Waals surface area contributed by atoms with Gasteiger partial charge in [0.2, 0.25) is 0 Å². The number of amides is 1. The third kappa shape index (κ3) is 3.45. The van der Waals surface area contributed by atoms with Crippen LogP contribution in [0.3, 0.4) is 0 Å². The van der Waals surface area contributed by atoms with E-state index in [4.69, 9.17) is 11.6 Å². The average Bonchev–Trinajstić information content (AvgIpc) is 2.27. The Bertz CT molecular complexity index is 479. The highest BCUT2D eigenvalue weighted by atomic mass is 35.5. The molecule has 19 heavy (non-hydrogen) atoms. The minimum Gasteiger partial charge on any atom is -0.449 e. The first kappa shape index (κ1) is 15.9. The number of rotatable bonds is 1. The molecule has 1 fully saturated rings. The number of ether oxygens (including phenoxy) is 1. The van der Waals surface area contributed by atoms with Gasteiger partial charge in [-0.3, -0.25) is 0 Å². The summed E-state index contributed by atoms with van der Waals surface area (Å²) in [5.74, 6) is 0. The first-order valence-electron chi connectivity index (χ1n) is 5.18. The number of benzene rings is 1. The van der Waals surface area contributed by atoms with Crippen molar-refractivity contribution in [1.82, 2.24) is 5.32 Å². The fraction of sp³-hybridized carbons (Fsp3) is 0.364. The van der Waals surface area contributed by atoms with Gasteiger partial charge in [-0.2, -0.15) is 13.2 Å². The molecule has 0 unspecified atom stereocenters. The van der Waals surface area contributed by atoms with Gasteiger partial charge in [0.05, 0.1) is 18.2 Å². The van der Waals surface area contributed by atoms with Crippen LogP contribution in [0.25, 0.3) is 0 Å². The number of halogens is 5. The molecule has 1 aliphatic heterocycles. The third-order valence-corrected chi connectivity index (χ3v) is 2.97. The number of hydrogen-bond acceptors (Lipinski definition) is 2. The van der Waals surface area contributed by atoms with Gasteiger partial charge in [-0.05, 0) is 12.1 Å². The van der Waals surface area contributed by atoms with Crippen molar-refractivity contribution in [1.29, 1.82) is 0 Å². The number of cyclic esters (lactones) is 1. The minimum atomic E-state index is -4.51. The third-order valence-electron chi connectivity index (χ3n) is 2.64. The molecule has 0 saturated carbocycles. The molecule has 2 rings (SSSR count). The summed E-state index contributed by atoms with van der Waals surface area (Å²) in [7, 11) is 0. The molecule has 1 aromatic rings. The first-order valence-corrected chi connectivity index (χ1v) is 5.56. The van der Waals surface area contributed by atoms with Gasteiger partial charge in [-0.15, -0.1) is 12.4 Å². The van der Waals surface area contributed by atoms with Gasteiger partial charge in [0.1, 0.15) is 0 Å². The maximum atomic E-state index is 12.9. The SMILES string of the molecule is Cl.O=C1N[C@@H](c2c(Cl)cccc2C(F)(F)F)CCO1. The number of alkyl carbamates (subject to hydrolysis) is 1. The summed E-state index contributed by atoms with van der Waals surface area (Å²) < 4.78 is 43.3. The van der Waals surface area contributed by atoms with Crippen LogP contribution in [0.2, 0.25) is 5.02 Å². The fourth-order valence-corrected chi connectivity index (χ4v) is 2.19. The van der Waals surface area contributed by atoms with E-state index in [-0.39, 0.29) is 36.0 Å². The summed E-state index contributed by atoms with van der Waals surface area (Å²) in [6, 6.07) is 2.77. The number of carbonyl (C=O) groups is 1. The normalized spacial score (nSPS) is 19.2. The van der Waals surface area contributed by atoms with Gasteiger partial charge in [-0.1, -0.05) is 17.7 Å². The fourth-order valence-electron chi connectivity index (χ4n) is 1.88. The highest BCUT2D eigenvalue weighted by Crippen LogP contribution is 2.39. The summed E-state index contributed by atoms with van der Waals surface area (Å²) in [5.41, 5.74) is -0.939. The van der Waals surface area contributed by atoms with E-state index in [9.17, 15) is 18.0 Å². The van der Waals surface area contributed by atoms with Crippen molar-refractivity contribution in [2.75, 3.05) is 6.61 Å². The number of nitrogens with one attached hydrogen (secondary N) is 1. The van der Waals surface area contributed by atoms with E-state index >= 15 is 0 Å². The quantitative estimate of drug-likeness (QED) is 0.852. The standard InChI is InChI=1S/C11H9ClF3NO2.ClH/c12-7-3-1-2-6(11(13,14)15)9(7)8-4-5-18-10(17)16-8;/h1-3,8H,4-5H2,(H,16,17);1H/t8-;/m1./s1. The Morgan fingerprint density at radius 3 is 2.63 bits per heavy atom. The summed E-state index contributed by atoms with van der Waals surface area (Å²) in [6.45, 7) is 0.0685. The maximum absolute atomic E-state index is 12.9. The lowest BCUT2D eigenvalue weighted by atomic mass is 9.97. The smallest absolute Gasteiger partial charge is 0.416 e. The largest absolute Gasteiger partial charge is 0.449 e. The van der Waals surface area contributed by atoms with Gasteiger partial charge < -0.3 is 10.1 Å². The second kappa shape index (κ2) is 5.88. The van der Waals surface area contributed by atoms with Crippen molar-refractivity contribution in [3.63, 3.8) is 0 Å². The van der Waals surface area contributed by atoms with Crippen LogP contribution in [-0.4, -0.2) is 12.7 Å². The number of carbonyl (C=O) groups excluding carboxylic acids is 1. The van der Waals surface area contributed by atoms with Crippen LogP contribution in [0.5, 0.6) is 0 Å². The Morgan fingerprint density at radius 1 is 1.37 bits per heavy atom. The van der Waals surface area contributed by atoms with E-state index in [0.29, 0.717) is 0 Å². The zero-order valence-corrected chi connectivity index (χ0v) is 11.0. The first-order chi connectivity index (χ1) is 8.39. The molecular weight excluding hydrogens is 306 g/mol. The number of alkyl halides is 3. The van der Waals surface area contributed by atoms with Crippen LogP contribution in [0.1, 0.15) is 23.6 Å². The molecule has 1 aromatic carbocycles. The highest BCUT2D eigenvalue weighted by molar-refractivity contribution is 6.31. The summed E-state index contributed by atoms with van der Waals surface area (Å²) in [6.07, 6.45) is -5.00. The second-order valence-electron chi connectivity index (χ2n) is 3.82. The van der Waals surface area contributed by atoms with Crippen LogP contribution < -0.4 is 5.32 Å². The lowest BCUT2D eigenvalue weighted by Gasteiger charge is -2.27. The van der Waals surface area contributed by atoms with Crippen molar-refractivity contribution in [2.45, 2.75) is 18.6 Å². The van der Waals surface area contributed by atoms with Crippen molar-refractivity contribution < 1.29 is 22.7 Å². The predicted octanol–water partition coefficient (Wildman–Crippen LogP) is 3.95. The lowest BCUT2D eigenvalue weighted by molar-refractivity contribution is -0.138. The summed E-state index contributed by atoms with van der Waals surface area (Å²) in [5, 5.41) is 2.32. The molecule has 1 heterocycles. The van der Waals surface area contributed by atoms with Crippen LogP contribution in [-0.2, 0) is 10.9 Å². The average molecular weight is 316 g/mol. The van der Waals surface area contributed by atoms with Crippen molar-refractivity contribution in [2.24, 2.45) is 0 Å². The van der Waals surface area contributed by atoms with Gasteiger partial charge in [0.25, 0.3) is 0 Å². The summed E-state index contributed by atoms with van der Waals surface area (Å²) >= 11 is 5.82. The van der Waals surface area contributed by atoms with Crippen LogP contribution >= 0.6 is 24.0 Å². The molecular formula is C11H10Cl2F3NO2. The molecule has 0 aliphatic carbocycles. The predicted molar refractivity (Wildman–Crippen MR) is 65.5 cm³/mol. The van der Waals surface area contributed by atoms with E-state index in [2.05, 4.69) is 10.1 Å². The zero-order valence-electron chi connectivity index (χ0n) is 9.46. The van der Waals surface area contributed by atoms with E-state index in [1.54, 1.807) is 0 Å². The molecule has 1 atom stereocenters. The maximum Gasteiger partial charge on any atom is 0.416 e. The van der Waals surface area contributed by atoms with Crippen LogP contribution in [0, 0.1) is 0 Å². The Labute approximate surface area is 118 Å². The monoisotopic (exact) mass is 315 g/mol. The van der Waals surface area contributed by atoms with Crippen LogP contribution in [0.4, 0.5) is 18.0 Å². The van der Waals surface area contributed by atoms with Gasteiger partial charge in [0, 0.05) is 17.0 Å². The molecule has 0 radical (unpaired) electrons. The van der Waals surface area contributed by atoms with Gasteiger partial charge >= 0.3 is 12.3 Å². The Hall–Kier alpha value is -1.14. The van der Waals surface area contributed by atoms with E-state index in [1.807, 2.05) is 0 Å². The molecule has 3 nitrogen and oxygen atoms in total. The van der Waals surface area contributed by atoms with Gasteiger partial charge in [-0.25, -0.2) is 4.79 Å². The Balaban J connectivity index is 0.00000180.